The molecular formula is C12H9BrF3N3. The number of nitrogen functional groups attached to an aromatic ring is 1. The number of hydrogen-bond acceptors (Lipinski definition) is 3. The molecule has 0 amide bonds. The molecule has 3 N–H and O–H groups in total. The Bertz CT molecular complexity index is 599. The minimum atomic E-state index is -4.44. The molecule has 0 aliphatic heterocycles. The van der Waals surface area contributed by atoms with Crippen LogP contribution in [0.15, 0.2) is 41.0 Å². The molecule has 0 saturated heterocycles. The molecule has 3 nitrogen and oxygen atoms in total. The summed E-state index contributed by atoms with van der Waals surface area (Å²) in [6, 6.07) is 6.72. The highest BCUT2D eigenvalue weighted by Gasteiger charge is 2.33. The summed E-state index contributed by atoms with van der Waals surface area (Å²) in [6.45, 7) is 0. The maximum Gasteiger partial charge on any atom is 0.418 e. The quantitative estimate of drug-likeness (QED) is 0.867. The van der Waals surface area contributed by atoms with E-state index < -0.39 is 11.7 Å². The van der Waals surface area contributed by atoms with Gasteiger partial charge in [-0.05, 0) is 34.1 Å². The number of alkyl halides is 3. The van der Waals surface area contributed by atoms with Gasteiger partial charge in [0.25, 0.3) is 0 Å². The Labute approximate surface area is 115 Å². The molecule has 7 heteroatoms. The monoisotopic (exact) mass is 331 g/mol. The Balaban J connectivity index is 2.39. The number of nitrogens with one attached hydrogen (secondary N) is 1. The summed E-state index contributed by atoms with van der Waals surface area (Å²) < 4.78 is 39.1. The van der Waals surface area contributed by atoms with E-state index in [2.05, 4.69) is 26.2 Å². The number of anilines is 3. The first kappa shape index (κ1) is 13.7. The van der Waals surface area contributed by atoms with E-state index in [1.54, 1.807) is 6.07 Å². The fourth-order valence-electron chi connectivity index (χ4n) is 1.53. The van der Waals surface area contributed by atoms with Crippen molar-refractivity contribution in [3.63, 3.8) is 0 Å². The number of nitrogens with two attached hydrogens (primary N) is 1. The lowest BCUT2D eigenvalue weighted by Crippen LogP contribution is -2.09. The number of rotatable bonds is 2. The second kappa shape index (κ2) is 5.08. The van der Waals surface area contributed by atoms with Crippen LogP contribution in [0.2, 0.25) is 0 Å². The molecule has 0 fully saturated rings. The average molecular weight is 332 g/mol. The van der Waals surface area contributed by atoms with Crippen LogP contribution in [-0.4, -0.2) is 4.98 Å². The van der Waals surface area contributed by atoms with Gasteiger partial charge in [-0.3, -0.25) is 0 Å². The standard InChI is InChI=1S/C12H9BrF3N3/c13-7-5-9(17)11(18-6-7)19-10-4-2-1-3-8(10)12(14,15)16/h1-6H,17H2,(H,18,19). The molecule has 100 valence electrons. The number of aromatic nitrogens is 1. The van der Waals surface area contributed by atoms with Crippen molar-refractivity contribution in [1.82, 2.24) is 4.98 Å². The fraction of sp³-hybridized carbons (Fsp3) is 0.0833. The zero-order chi connectivity index (χ0) is 14.0. The Morgan fingerprint density at radius 2 is 1.89 bits per heavy atom. The van der Waals surface area contributed by atoms with Crippen molar-refractivity contribution in [2.75, 3.05) is 11.1 Å². The third kappa shape index (κ3) is 3.17. The van der Waals surface area contributed by atoms with Crippen LogP contribution in [0.5, 0.6) is 0 Å². The van der Waals surface area contributed by atoms with E-state index in [-0.39, 0.29) is 17.2 Å². The van der Waals surface area contributed by atoms with Crippen molar-refractivity contribution in [3.8, 4) is 0 Å². The second-order valence-electron chi connectivity index (χ2n) is 3.76. The lowest BCUT2D eigenvalue weighted by atomic mass is 10.1. The molecule has 0 unspecified atom stereocenters. The van der Waals surface area contributed by atoms with E-state index in [4.69, 9.17) is 5.73 Å². The first-order valence-corrected chi connectivity index (χ1v) is 6.01. The number of halogens is 4. The summed E-state index contributed by atoms with van der Waals surface area (Å²) in [4.78, 5) is 3.95. The summed E-state index contributed by atoms with van der Waals surface area (Å²) >= 11 is 3.18. The van der Waals surface area contributed by atoms with E-state index in [0.717, 1.165) is 6.07 Å². The third-order valence-corrected chi connectivity index (χ3v) is 2.80. The van der Waals surface area contributed by atoms with Gasteiger partial charge >= 0.3 is 6.18 Å². The first-order valence-electron chi connectivity index (χ1n) is 5.22. The van der Waals surface area contributed by atoms with E-state index in [1.807, 2.05) is 0 Å². The van der Waals surface area contributed by atoms with Crippen LogP contribution in [0.1, 0.15) is 5.56 Å². The van der Waals surface area contributed by atoms with Crippen molar-refractivity contribution in [1.29, 1.82) is 0 Å². The molecule has 2 aromatic rings. The third-order valence-electron chi connectivity index (χ3n) is 2.37. The molecule has 0 bridgehead atoms. The van der Waals surface area contributed by atoms with Crippen molar-refractivity contribution in [3.05, 3.63) is 46.6 Å². The highest BCUT2D eigenvalue weighted by atomic mass is 79.9. The molecule has 1 aromatic heterocycles. The van der Waals surface area contributed by atoms with Gasteiger partial charge in [0.1, 0.15) is 0 Å². The summed E-state index contributed by atoms with van der Waals surface area (Å²) in [6.07, 6.45) is -2.98. The number of pyridine rings is 1. The van der Waals surface area contributed by atoms with Crippen LogP contribution >= 0.6 is 15.9 Å². The van der Waals surface area contributed by atoms with Crippen molar-refractivity contribution >= 4 is 33.1 Å². The van der Waals surface area contributed by atoms with Gasteiger partial charge in [0.15, 0.2) is 5.82 Å². The van der Waals surface area contributed by atoms with Crippen LogP contribution in [-0.2, 0) is 6.18 Å². The molecule has 2 rings (SSSR count). The number of benzene rings is 1. The summed E-state index contributed by atoms with van der Waals surface area (Å²) in [5.74, 6) is 0.180. The Hall–Kier alpha value is -1.76. The molecule has 0 aliphatic rings. The minimum absolute atomic E-state index is 0.0866. The molecule has 1 aromatic carbocycles. The largest absolute Gasteiger partial charge is 0.418 e. The Morgan fingerprint density at radius 3 is 2.53 bits per heavy atom. The van der Waals surface area contributed by atoms with Crippen LogP contribution < -0.4 is 11.1 Å². The van der Waals surface area contributed by atoms with Gasteiger partial charge in [-0.1, -0.05) is 12.1 Å². The van der Waals surface area contributed by atoms with Crippen molar-refractivity contribution in [2.24, 2.45) is 0 Å². The van der Waals surface area contributed by atoms with Gasteiger partial charge in [0.05, 0.1) is 16.9 Å². The minimum Gasteiger partial charge on any atom is -0.396 e. The lowest BCUT2D eigenvalue weighted by Gasteiger charge is -2.14. The Morgan fingerprint density at radius 1 is 1.21 bits per heavy atom. The molecular weight excluding hydrogens is 323 g/mol. The smallest absolute Gasteiger partial charge is 0.396 e. The topological polar surface area (TPSA) is 50.9 Å². The highest BCUT2D eigenvalue weighted by Crippen LogP contribution is 2.36. The van der Waals surface area contributed by atoms with E-state index >= 15 is 0 Å². The SMILES string of the molecule is Nc1cc(Br)cnc1Nc1ccccc1C(F)(F)F. The maximum atomic E-state index is 12.8. The van der Waals surface area contributed by atoms with Crippen LogP contribution in [0.25, 0.3) is 0 Å². The van der Waals surface area contributed by atoms with Gasteiger partial charge in [0, 0.05) is 10.7 Å². The molecule has 0 aliphatic carbocycles. The van der Waals surface area contributed by atoms with E-state index in [9.17, 15) is 13.2 Å². The van der Waals surface area contributed by atoms with E-state index in [1.165, 1.54) is 24.4 Å². The van der Waals surface area contributed by atoms with Crippen molar-refractivity contribution in [2.45, 2.75) is 6.18 Å². The second-order valence-corrected chi connectivity index (χ2v) is 4.68. The molecule has 0 spiro atoms. The summed E-state index contributed by atoms with van der Waals surface area (Å²) in [7, 11) is 0. The van der Waals surface area contributed by atoms with E-state index in [0.29, 0.717) is 4.47 Å². The first-order chi connectivity index (χ1) is 8.88. The highest BCUT2D eigenvalue weighted by molar-refractivity contribution is 9.10. The number of nitrogens with zero attached hydrogens (tertiary/aromatic N) is 1. The van der Waals surface area contributed by atoms with Crippen LogP contribution in [0.3, 0.4) is 0 Å². The van der Waals surface area contributed by atoms with Crippen LogP contribution in [0, 0.1) is 0 Å². The normalized spacial score (nSPS) is 11.4. The summed E-state index contributed by atoms with van der Waals surface area (Å²) in [5.41, 5.74) is 5.10. The molecule has 0 saturated carbocycles. The van der Waals surface area contributed by atoms with Gasteiger partial charge in [0.2, 0.25) is 0 Å². The van der Waals surface area contributed by atoms with Gasteiger partial charge < -0.3 is 11.1 Å². The fourth-order valence-corrected chi connectivity index (χ4v) is 1.88. The molecule has 0 atom stereocenters. The van der Waals surface area contributed by atoms with Gasteiger partial charge in [-0.2, -0.15) is 13.2 Å². The molecule has 0 radical (unpaired) electrons. The lowest BCUT2D eigenvalue weighted by molar-refractivity contribution is -0.136. The number of para-hydroxylation sites is 1. The number of hydrogen-bond donors (Lipinski definition) is 2. The van der Waals surface area contributed by atoms with Gasteiger partial charge in [-0.15, -0.1) is 0 Å². The summed E-state index contributed by atoms with van der Waals surface area (Å²) in [5, 5.41) is 2.60. The zero-order valence-corrected chi connectivity index (χ0v) is 11.1. The molecule has 1 heterocycles. The Kier molecular flexibility index (Phi) is 3.66. The van der Waals surface area contributed by atoms with Gasteiger partial charge in [-0.25, -0.2) is 4.98 Å². The average Bonchev–Trinajstić information content (AvgIpc) is 2.32. The predicted octanol–water partition coefficient (Wildman–Crippen LogP) is 4.19. The maximum absolute atomic E-state index is 12.8. The zero-order valence-electron chi connectivity index (χ0n) is 9.50. The molecule has 19 heavy (non-hydrogen) atoms. The van der Waals surface area contributed by atoms with Crippen LogP contribution in [0.4, 0.5) is 30.4 Å². The van der Waals surface area contributed by atoms with Crippen molar-refractivity contribution < 1.29 is 13.2 Å². The predicted molar refractivity (Wildman–Crippen MR) is 71.1 cm³/mol.